The lowest BCUT2D eigenvalue weighted by molar-refractivity contribution is -0.122. The monoisotopic (exact) mass is 385 g/mol. The number of hydrogen-bond donors (Lipinski definition) is 1. The van der Waals surface area contributed by atoms with Gasteiger partial charge in [0.1, 0.15) is 16.3 Å². The first-order valence-electron chi connectivity index (χ1n) is 8.91. The number of carbonyl (C=O) groups is 1. The number of aryl methyl sites for hydroxylation is 1. The second-order valence-electron chi connectivity index (χ2n) is 6.57. The lowest BCUT2D eigenvalue weighted by Gasteiger charge is -2.14. The smallest absolute Gasteiger partial charge is 0.336 e. The number of anilines is 1. The zero-order chi connectivity index (χ0) is 19.0. The van der Waals surface area contributed by atoms with Gasteiger partial charge in [-0.1, -0.05) is 18.3 Å². The van der Waals surface area contributed by atoms with Gasteiger partial charge < -0.3 is 9.15 Å². The molecule has 8 heteroatoms. The van der Waals surface area contributed by atoms with Crippen LogP contribution in [0.5, 0.6) is 5.75 Å². The standard InChI is InChI=1S/C19H19N3O4S/c1-3-11-8-16(23)26-15-9-13(6-7-14(11)15)25-10(2)17(24)20-19-22-21-18(27-19)12-4-5-12/h6-10,12H,3-5H2,1-2H3,(H,20,22,24). The first-order chi connectivity index (χ1) is 13.0. The number of nitrogens with zero attached hydrogens (tertiary/aromatic N) is 2. The van der Waals surface area contributed by atoms with Crippen LogP contribution in [0.3, 0.4) is 0 Å². The van der Waals surface area contributed by atoms with Gasteiger partial charge >= 0.3 is 5.63 Å². The summed E-state index contributed by atoms with van der Waals surface area (Å²) in [6.45, 7) is 3.63. The van der Waals surface area contributed by atoms with E-state index in [4.69, 9.17) is 9.15 Å². The first kappa shape index (κ1) is 17.7. The van der Waals surface area contributed by atoms with Gasteiger partial charge in [-0.15, -0.1) is 10.2 Å². The van der Waals surface area contributed by atoms with Crippen LogP contribution in [0, 0.1) is 0 Å². The Hall–Kier alpha value is -2.74. The summed E-state index contributed by atoms with van der Waals surface area (Å²) in [7, 11) is 0. The fraction of sp³-hybridized carbons (Fsp3) is 0.368. The minimum Gasteiger partial charge on any atom is -0.481 e. The molecule has 0 radical (unpaired) electrons. The van der Waals surface area contributed by atoms with Crippen LogP contribution >= 0.6 is 11.3 Å². The van der Waals surface area contributed by atoms with E-state index in [-0.39, 0.29) is 5.91 Å². The second kappa shape index (κ2) is 7.11. The molecule has 1 aromatic carbocycles. The fourth-order valence-electron chi connectivity index (χ4n) is 2.82. The molecule has 1 atom stereocenters. The van der Waals surface area contributed by atoms with Gasteiger partial charge in [0, 0.05) is 23.4 Å². The Morgan fingerprint density at radius 2 is 2.19 bits per heavy atom. The Balaban J connectivity index is 1.47. The van der Waals surface area contributed by atoms with E-state index in [1.165, 1.54) is 17.4 Å². The normalized spacial score (nSPS) is 14.9. The van der Waals surface area contributed by atoms with Gasteiger partial charge in [0.15, 0.2) is 6.10 Å². The van der Waals surface area contributed by atoms with Gasteiger partial charge in [-0.3, -0.25) is 10.1 Å². The average Bonchev–Trinajstić information content (AvgIpc) is 3.40. The molecule has 2 aromatic heterocycles. The van der Waals surface area contributed by atoms with Gasteiger partial charge in [0.05, 0.1) is 0 Å². The molecule has 1 saturated carbocycles. The highest BCUT2D eigenvalue weighted by Gasteiger charge is 2.28. The predicted octanol–water partition coefficient (Wildman–Crippen LogP) is 3.49. The number of nitrogens with one attached hydrogen (secondary N) is 1. The van der Waals surface area contributed by atoms with E-state index in [1.807, 2.05) is 13.0 Å². The van der Waals surface area contributed by atoms with Gasteiger partial charge in [0.2, 0.25) is 5.13 Å². The number of carbonyl (C=O) groups excluding carboxylic acids is 1. The maximum absolute atomic E-state index is 12.4. The lowest BCUT2D eigenvalue weighted by atomic mass is 10.1. The van der Waals surface area contributed by atoms with E-state index in [1.54, 1.807) is 19.1 Å². The maximum Gasteiger partial charge on any atom is 0.336 e. The summed E-state index contributed by atoms with van der Waals surface area (Å²) in [4.78, 5) is 24.0. The number of fused-ring (bicyclic) bond motifs is 1. The third-order valence-corrected chi connectivity index (χ3v) is 5.46. The summed E-state index contributed by atoms with van der Waals surface area (Å²) in [6, 6.07) is 6.73. The molecule has 0 aliphatic heterocycles. The molecule has 1 fully saturated rings. The largest absolute Gasteiger partial charge is 0.481 e. The summed E-state index contributed by atoms with van der Waals surface area (Å²) in [5.74, 6) is 0.650. The van der Waals surface area contributed by atoms with Crippen LogP contribution in [-0.2, 0) is 11.2 Å². The van der Waals surface area contributed by atoms with E-state index < -0.39 is 11.7 Å². The Bertz CT molecular complexity index is 1050. The third-order valence-electron chi connectivity index (χ3n) is 4.46. The molecule has 1 aliphatic carbocycles. The Kier molecular flexibility index (Phi) is 4.65. The van der Waals surface area contributed by atoms with Gasteiger partial charge in [-0.05, 0) is 43.9 Å². The van der Waals surface area contributed by atoms with Crippen LogP contribution in [0.4, 0.5) is 5.13 Å². The summed E-state index contributed by atoms with van der Waals surface area (Å²) < 4.78 is 11.0. The van der Waals surface area contributed by atoms with E-state index in [0.29, 0.717) is 22.4 Å². The SMILES string of the molecule is CCc1cc(=O)oc2cc(OC(C)C(=O)Nc3nnc(C4CC4)s3)ccc12. The Morgan fingerprint density at radius 1 is 1.37 bits per heavy atom. The van der Waals surface area contributed by atoms with Crippen molar-refractivity contribution in [1.29, 1.82) is 0 Å². The molecule has 1 aliphatic rings. The van der Waals surface area contributed by atoms with Crippen molar-refractivity contribution in [1.82, 2.24) is 10.2 Å². The second-order valence-corrected chi connectivity index (χ2v) is 7.58. The molecular weight excluding hydrogens is 366 g/mol. The molecule has 4 rings (SSSR count). The fourth-order valence-corrected chi connectivity index (χ4v) is 3.74. The van der Waals surface area contributed by atoms with Crippen molar-refractivity contribution in [2.24, 2.45) is 0 Å². The third kappa shape index (κ3) is 3.85. The van der Waals surface area contributed by atoms with Gasteiger partial charge in [-0.2, -0.15) is 0 Å². The maximum atomic E-state index is 12.4. The van der Waals surface area contributed by atoms with Crippen molar-refractivity contribution in [3.8, 4) is 5.75 Å². The lowest BCUT2D eigenvalue weighted by Crippen LogP contribution is -2.30. The molecule has 0 bridgehead atoms. The van der Waals surface area contributed by atoms with Gasteiger partial charge in [0.25, 0.3) is 5.91 Å². The number of hydrogen-bond acceptors (Lipinski definition) is 7. The molecule has 1 amide bonds. The minimum absolute atomic E-state index is 0.308. The minimum atomic E-state index is -0.739. The quantitative estimate of drug-likeness (QED) is 0.653. The highest BCUT2D eigenvalue weighted by Crippen LogP contribution is 2.42. The summed E-state index contributed by atoms with van der Waals surface area (Å²) in [6.07, 6.45) is 2.27. The molecule has 0 saturated heterocycles. The average molecular weight is 385 g/mol. The Morgan fingerprint density at radius 3 is 2.93 bits per heavy atom. The summed E-state index contributed by atoms with van der Waals surface area (Å²) >= 11 is 1.40. The number of aromatic nitrogens is 2. The van der Waals surface area contributed by atoms with Crippen LogP contribution < -0.4 is 15.7 Å². The molecule has 1 N–H and O–H groups in total. The van der Waals surface area contributed by atoms with Crippen molar-refractivity contribution in [3.05, 3.63) is 45.3 Å². The first-order valence-corrected chi connectivity index (χ1v) is 9.73. The molecule has 0 spiro atoms. The van der Waals surface area contributed by atoms with Crippen molar-refractivity contribution >= 4 is 33.3 Å². The molecule has 2 heterocycles. The Labute approximate surface area is 159 Å². The van der Waals surface area contributed by atoms with Gasteiger partial charge in [-0.25, -0.2) is 4.79 Å². The van der Waals surface area contributed by atoms with E-state index in [0.717, 1.165) is 35.2 Å². The van der Waals surface area contributed by atoms with Crippen molar-refractivity contribution < 1.29 is 13.9 Å². The molecule has 27 heavy (non-hydrogen) atoms. The van der Waals surface area contributed by atoms with Crippen LogP contribution in [0.15, 0.2) is 33.5 Å². The van der Waals surface area contributed by atoms with Crippen molar-refractivity contribution in [3.63, 3.8) is 0 Å². The number of amides is 1. The molecule has 3 aromatic rings. The molecule has 1 unspecified atom stereocenters. The molecule has 140 valence electrons. The van der Waals surface area contributed by atoms with Crippen LogP contribution in [-0.4, -0.2) is 22.2 Å². The summed E-state index contributed by atoms with van der Waals surface area (Å²) in [5, 5.41) is 13.2. The molecule has 7 nitrogen and oxygen atoms in total. The summed E-state index contributed by atoms with van der Waals surface area (Å²) in [5.41, 5.74) is 0.967. The zero-order valence-electron chi connectivity index (χ0n) is 15.0. The number of ether oxygens (including phenoxy) is 1. The van der Waals surface area contributed by atoms with Crippen molar-refractivity contribution in [2.45, 2.75) is 45.1 Å². The van der Waals surface area contributed by atoms with E-state index in [2.05, 4.69) is 15.5 Å². The predicted molar refractivity (Wildman–Crippen MR) is 102 cm³/mol. The van der Waals surface area contributed by atoms with Crippen LogP contribution in [0.1, 0.15) is 43.2 Å². The molecular formula is C19H19N3O4S. The highest BCUT2D eigenvalue weighted by atomic mass is 32.1. The number of rotatable bonds is 6. The zero-order valence-corrected chi connectivity index (χ0v) is 15.8. The van der Waals surface area contributed by atoms with E-state index in [9.17, 15) is 9.59 Å². The van der Waals surface area contributed by atoms with Crippen LogP contribution in [0.2, 0.25) is 0 Å². The van der Waals surface area contributed by atoms with Crippen molar-refractivity contribution in [2.75, 3.05) is 5.32 Å². The topological polar surface area (TPSA) is 94.3 Å². The van der Waals surface area contributed by atoms with Crippen LogP contribution in [0.25, 0.3) is 11.0 Å². The highest BCUT2D eigenvalue weighted by molar-refractivity contribution is 7.15. The number of benzene rings is 1. The van der Waals surface area contributed by atoms with E-state index >= 15 is 0 Å².